The molecule has 10 nitrogen and oxygen atoms in total. The minimum Gasteiger partial charge on any atom is -0.377 e. The van der Waals surface area contributed by atoms with Gasteiger partial charge in [-0.25, -0.2) is 0 Å². The Morgan fingerprint density at radius 1 is 0.417 bits per heavy atom. The minimum atomic E-state index is -0.379. The summed E-state index contributed by atoms with van der Waals surface area (Å²) >= 11 is 0. The van der Waals surface area contributed by atoms with E-state index in [-0.39, 0.29) is 11.8 Å². The highest BCUT2D eigenvalue weighted by atomic mass is 16.6. The summed E-state index contributed by atoms with van der Waals surface area (Å²) in [5.41, 5.74) is 11.1. The molecule has 0 bridgehead atoms. The molecule has 10 heteroatoms. The monoisotopic (exact) mass is 506 g/mol. The maximum atomic E-state index is 10.4. The topological polar surface area (TPSA) is 142 Å². The molecule has 0 radical (unpaired) electrons. The van der Waals surface area contributed by atoms with Gasteiger partial charge in [0, 0.05) is 11.1 Å². The first-order valence-corrected chi connectivity index (χ1v) is 11.8. The van der Waals surface area contributed by atoms with Crippen LogP contribution in [0.25, 0.3) is 0 Å². The van der Waals surface area contributed by atoms with Gasteiger partial charge in [-0.15, -0.1) is 0 Å². The molecule has 4 N–H and O–H groups in total. The lowest BCUT2D eigenvalue weighted by Crippen LogP contribution is -2.16. The van der Waals surface area contributed by atoms with Crippen molar-refractivity contribution in [1.29, 1.82) is 0 Å². The first-order chi connectivity index (χ1) is 17.6. The zero-order chi connectivity index (χ0) is 26.1. The van der Waals surface area contributed by atoms with Crippen LogP contribution in [0.5, 0.6) is 0 Å². The van der Waals surface area contributed by atoms with Crippen LogP contribution >= 0.6 is 0 Å². The quantitative estimate of drug-likeness (QED) is 0.627. The van der Waals surface area contributed by atoms with Gasteiger partial charge >= 0.3 is 0 Å². The summed E-state index contributed by atoms with van der Waals surface area (Å²) < 4.78 is 32.0. The van der Waals surface area contributed by atoms with Gasteiger partial charge in [0.2, 0.25) is 11.8 Å². The fraction of sp³-hybridized carbons (Fsp3) is 0.462. The number of benzene rings is 2. The zero-order valence-electron chi connectivity index (χ0n) is 20.7. The van der Waals surface area contributed by atoms with Gasteiger partial charge in [0.05, 0.1) is 79.3 Å². The second-order valence-electron chi connectivity index (χ2n) is 7.13. The fourth-order valence-corrected chi connectivity index (χ4v) is 2.52. The summed E-state index contributed by atoms with van der Waals surface area (Å²) in [7, 11) is 0. The predicted molar refractivity (Wildman–Crippen MR) is 135 cm³/mol. The van der Waals surface area contributed by atoms with Crippen molar-refractivity contribution in [3.63, 3.8) is 0 Å². The molecule has 1 heterocycles. The number of primary amides is 2. The van der Waals surface area contributed by atoms with Crippen molar-refractivity contribution in [3.05, 3.63) is 71.8 Å². The number of nitrogens with two attached hydrogens (primary N) is 2. The van der Waals surface area contributed by atoms with Crippen LogP contribution < -0.4 is 11.5 Å². The van der Waals surface area contributed by atoms with Gasteiger partial charge in [0.1, 0.15) is 0 Å². The first-order valence-electron chi connectivity index (χ1n) is 11.8. The number of hydrogen-bond donors (Lipinski definition) is 2. The van der Waals surface area contributed by atoms with Crippen LogP contribution in [0.2, 0.25) is 0 Å². The number of carbonyl (C=O) groups is 2. The summed E-state index contributed by atoms with van der Waals surface area (Å²) in [4.78, 5) is 20.8. The van der Waals surface area contributed by atoms with Gasteiger partial charge in [0.25, 0.3) is 0 Å². The third kappa shape index (κ3) is 18.5. The van der Waals surface area contributed by atoms with E-state index in [9.17, 15) is 9.59 Å². The van der Waals surface area contributed by atoms with E-state index in [1.54, 1.807) is 48.5 Å². The lowest BCUT2D eigenvalue weighted by Gasteiger charge is -2.09. The molecular formula is C26H38N2O8. The van der Waals surface area contributed by atoms with Gasteiger partial charge < -0.3 is 39.9 Å². The van der Waals surface area contributed by atoms with E-state index in [4.69, 9.17) is 39.9 Å². The standard InChI is InChI=1S/C12H24O6.2C7H7NO/c1-2-14-5-6-16-9-10-18-12-11-17-8-7-15-4-3-13-1;2*8-7(9)6-4-2-1-3-5-6/h1-12H2;2*1-5H,(H2,8,9). The Balaban J connectivity index is 0.000000300. The molecule has 3 rings (SSSR count). The Morgan fingerprint density at radius 2 is 0.611 bits per heavy atom. The number of rotatable bonds is 2. The highest BCUT2D eigenvalue weighted by molar-refractivity contribution is 5.93. The van der Waals surface area contributed by atoms with Crippen molar-refractivity contribution in [1.82, 2.24) is 0 Å². The molecule has 2 aromatic rings. The summed E-state index contributed by atoms with van der Waals surface area (Å²) in [6.45, 7) is 7.04. The molecule has 0 atom stereocenters. The van der Waals surface area contributed by atoms with E-state index in [2.05, 4.69) is 0 Å². The van der Waals surface area contributed by atoms with Crippen LogP contribution in [0.4, 0.5) is 0 Å². The molecular weight excluding hydrogens is 468 g/mol. The van der Waals surface area contributed by atoms with Crippen molar-refractivity contribution >= 4 is 11.8 Å². The lowest BCUT2D eigenvalue weighted by molar-refractivity contribution is -0.0334. The Hall–Kier alpha value is -2.86. The van der Waals surface area contributed by atoms with E-state index in [0.717, 1.165) is 0 Å². The van der Waals surface area contributed by atoms with Gasteiger partial charge in [-0.05, 0) is 24.3 Å². The minimum absolute atomic E-state index is 0.379. The Labute approximate surface area is 212 Å². The third-order valence-electron chi connectivity index (χ3n) is 4.35. The molecule has 1 fully saturated rings. The summed E-state index contributed by atoms with van der Waals surface area (Å²) in [6, 6.07) is 17.5. The second-order valence-corrected chi connectivity index (χ2v) is 7.13. The molecule has 0 unspecified atom stereocenters. The molecule has 0 saturated carbocycles. The highest BCUT2D eigenvalue weighted by Gasteiger charge is 1.96. The molecule has 200 valence electrons. The molecule has 0 spiro atoms. The van der Waals surface area contributed by atoms with Gasteiger partial charge in [0.15, 0.2) is 0 Å². The zero-order valence-corrected chi connectivity index (χ0v) is 20.7. The summed E-state index contributed by atoms with van der Waals surface area (Å²) in [5, 5.41) is 0. The Morgan fingerprint density at radius 3 is 0.750 bits per heavy atom. The number of ether oxygens (including phenoxy) is 6. The van der Waals surface area contributed by atoms with Crippen molar-refractivity contribution in [2.45, 2.75) is 0 Å². The first kappa shape index (κ1) is 31.2. The van der Waals surface area contributed by atoms with E-state index in [0.29, 0.717) is 90.4 Å². The van der Waals surface area contributed by atoms with E-state index in [1.165, 1.54) is 0 Å². The van der Waals surface area contributed by atoms with Crippen molar-refractivity contribution < 1.29 is 38.0 Å². The van der Waals surface area contributed by atoms with Crippen molar-refractivity contribution in [2.75, 3.05) is 79.3 Å². The number of amides is 2. The van der Waals surface area contributed by atoms with Crippen LogP contribution in [0.1, 0.15) is 20.7 Å². The number of carbonyl (C=O) groups excluding carboxylic acids is 2. The SMILES string of the molecule is C1COCCOCCOCCOCCOCCO1.NC(=O)c1ccccc1.NC(=O)c1ccccc1. The van der Waals surface area contributed by atoms with Gasteiger partial charge in [-0.1, -0.05) is 36.4 Å². The smallest absolute Gasteiger partial charge is 0.248 e. The summed E-state index contributed by atoms with van der Waals surface area (Å²) in [6.07, 6.45) is 0. The molecule has 1 aliphatic heterocycles. The van der Waals surface area contributed by atoms with E-state index < -0.39 is 0 Å². The van der Waals surface area contributed by atoms with Crippen molar-refractivity contribution in [3.8, 4) is 0 Å². The maximum absolute atomic E-state index is 10.4. The summed E-state index contributed by atoms with van der Waals surface area (Å²) in [5.74, 6) is -0.758. The Kier molecular flexibility index (Phi) is 19.6. The van der Waals surface area contributed by atoms with E-state index >= 15 is 0 Å². The molecule has 1 aliphatic rings. The predicted octanol–water partition coefficient (Wildman–Crippen LogP) is 1.67. The Bertz CT molecular complexity index is 668. The fourth-order valence-electron chi connectivity index (χ4n) is 2.52. The molecule has 36 heavy (non-hydrogen) atoms. The van der Waals surface area contributed by atoms with Crippen LogP contribution in [-0.4, -0.2) is 91.1 Å². The van der Waals surface area contributed by atoms with Crippen molar-refractivity contribution in [2.24, 2.45) is 11.5 Å². The van der Waals surface area contributed by atoms with Crippen LogP contribution in [0, 0.1) is 0 Å². The molecule has 2 aromatic carbocycles. The average molecular weight is 507 g/mol. The van der Waals surface area contributed by atoms with Crippen LogP contribution in [0.15, 0.2) is 60.7 Å². The highest BCUT2D eigenvalue weighted by Crippen LogP contribution is 1.95. The average Bonchev–Trinajstić information content (AvgIpc) is 2.90. The molecule has 0 aromatic heterocycles. The lowest BCUT2D eigenvalue weighted by atomic mass is 10.2. The molecule has 2 amide bonds. The third-order valence-corrected chi connectivity index (χ3v) is 4.35. The van der Waals surface area contributed by atoms with Gasteiger partial charge in [-0.2, -0.15) is 0 Å². The van der Waals surface area contributed by atoms with Crippen LogP contribution in [0.3, 0.4) is 0 Å². The number of hydrogen-bond acceptors (Lipinski definition) is 8. The van der Waals surface area contributed by atoms with Gasteiger partial charge in [-0.3, -0.25) is 9.59 Å². The largest absolute Gasteiger partial charge is 0.377 e. The molecule has 0 aliphatic carbocycles. The maximum Gasteiger partial charge on any atom is 0.248 e. The second kappa shape index (κ2) is 22.6. The molecule has 1 saturated heterocycles. The van der Waals surface area contributed by atoms with E-state index in [1.807, 2.05) is 12.1 Å². The van der Waals surface area contributed by atoms with Crippen LogP contribution in [-0.2, 0) is 28.4 Å². The normalized spacial score (nSPS) is 16.4.